The molecule has 0 bridgehead atoms. The monoisotopic (exact) mass is 247 g/mol. The summed E-state index contributed by atoms with van der Waals surface area (Å²) in [6, 6.07) is 0. The Kier molecular flexibility index (Phi) is 5.46. The van der Waals surface area contributed by atoms with E-state index < -0.39 is 0 Å². The van der Waals surface area contributed by atoms with Crippen LogP contribution in [0.25, 0.3) is 0 Å². The van der Waals surface area contributed by atoms with Gasteiger partial charge < -0.3 is 0 Å². The molecule has 0 saturated heterocycles. The molecule has 2 rings (SSSR count). The quantitative estimate of drug-likeness (QED) is 0.401. The molecule has 0 amide bonds. The maximum absolute atomic E-state index is 4.95. The highest BCUT2D eigenvalue weighted by molar-refractivity contribution is 5.87. The number of nitrogens with zero attached hydrogens (tertiary/aromatic N) is 1. The lowest BCUT2D eigenvalue weighted by molar-refractivity contribution is 0.402. The molecule has 0 aliphatic heterocycles. The summed E-state index contributed by atoms with van der Waals surface area (Å²) in [5, 5.41) is 0. The summed E-state index contributed by atoms with van der Waals surface area (Å²) in [4.78, 5) is 4.95. The van der Waals surface area contributed by atoms with Crippen LogP contribution < -0.4 is 0 Å². The number of rotatable bonds is 9. The van der Waals surface area contributed by atoms with Crippen LogP contribution >= 0.6 is 0 Å². The van der Waals surface area contributed by atoms with E-state index in [1.807, 2.05) is 0 Å². The highest BCUT2D eigenvalue weighted by Crippen LogP contribution is 2.33. The highest BCUT2D eigenvalue weighted by atomic mass is 14.7. The maximum atomic E-state index is 4.95. The highest BCUT2D eigenvalue weighted by Gasteiger charge is 2.24. The molecular weight excluding hydrogens is 218 g/mol. The molecule has 18 heavy (non-hydrogen) atoms. The summed E-state index contributed by atoms with van der Waals surface area (Å²) < 4.78 is 0. The number of hydrogen-bond donors (Lipinski definition) is 0. The smallest absolute Gasteiger partial charge is 0.0391 e. The van der Waals surface area contributed by atoms with Crippen LogP contribution in [0.1, 0.15) is 64.7 Å². The number of allylic oxidation sites excluding steroid dienone is 1. The number of hydrogen-bond acceptors (Lipinski definition) is 1. The molecule has 2 fully saturated rings. The Morgan fingerprint density at radius 3 is 2.67 bits per heavy atom. The molecule has 2 aliphatic carbocycles. The van der Waals surface area contributed by atoms with Gasteiger partial charge in [-0.25, -0.2) is 0 Å². The Morgan fingerprint density at radius 1 is 1.33 bits per heavy atom. The zero-order valence-corrected chi connectivity index (χ0v) is 12.0. The molecule has 0 spiro atoms. The SMILES string of the molecule is C=CCC(C)CC/C(=N/CCC1CC1)C1CCC1. The molecule has 1 heteroatoms. The van der Waals surface area contributed by atoms with Crippen molar-refractivity contribution in [2.24, 2.45) is 22.7 Å². The molecule has 1 atom stereocenters. The Hall–Kier alpha value is -0.590. The maximum Gasteiger partial charge on any atom is 0.0391 e. The van der Waals surface area contributed by atoms with Gasteiger partial charge in [0, 0.05) is 12.3 Å². The van der Waals surface area contributed by atoms with Crippen LogP contribution in [-0.4, -0.2) is 12.3 Å². The van der Waals surface area contributed by atoms with Crippen LogP contribution in [0.2, 0.25) is 0 Å². The summed E-state index contributed by atoms with van der Waals surface area (Å²) in [7, 11) is 0. The minimum Gasteiger partial charge on any atom is -0.294 e. The van der Waals surface area contributed by atoms with Gasteiger partial charge in [0.15, 0.2) is 0 Å². The normalized spacial score (nSPS) is 22.6. The van der Waals surface area contributed by atoms with Crippen molar-refractivity contribution >= 4 is 5.71 Å². The van der Waals surface area contributed by atoms with Crippen molar-refractivity contribution in [2.75, 3.05) is 6.54 Å². The van der Waals surface area contributed by atoms with E-state index in [0.717, 1.165) is 30.7 Å². The average molecular weight is 247 g/mol. The molecule has 0 N–H and O–H groups in total. The second-order valence-corrected chi connectivity index (χ2v) is 6.40. The van der Waals surface area contributed by atoms with Crippen molar-refractivity contribution in [2.45, 2.75) is 64.7 Å². The molecule has 0 aromatic rings. The van der Waals surface area contributed by atoms with Crippen LogP contribution in [0, 0.1) is 17.8 Å². The molecule has 1 nitrogen and oxygen atoms in total. The first-order chi connectivity index (χ1) is 8.79. The lowest BCUT2D eigenvalue weighted by atomic mass is 9.79. The average Bonchev–Trinajstić information content (AvgIpc) is 3.07. The van der Waals surface area contributed by atoms with Gasteiger partial charge in [0.2, 0.25) is 0 Å². The predicted octanol–water partition coefficient (Wildman–Crippen LogP) is 5.02. The number of aliphatic imine (C=N–C) groups is 1. The fourth-order valence-electron chi connectivity index (χ4n) is 2.75. The van der Waals surface area contributed by atoms with Gasteiger partial charge in [-0.05, 0) is 56.3 Å². The van der Waals surface area contributed by atoms with E-state index in [4.69, 9.17) is 4.99 Å². The van der Waals surface area contributed by atoms with Crippen LogP contribution in [-0.2, 0) is 0 Å². The molecule has 2 saturated carbocycles. The van der Waals surface area contributed by atoms with Crippen molar-refractivity contribution in [1.82, 2.24) is 0 Å². The summed E-state index contributed by atoms with van der Waals surface area (Å²) >= 11 is 0. The molecule has 0 aromatic carbocycles. The van der Waals surface area contributed by atoms with Gasteiger partial charge in [-0.1, -0.05) is 32.3 Å². The molecule has 0 radical (unpaired) electrons. The Bertz CT molecular complexity index is 284. The first-order valence-electron chi connectivity index (χ1n) is 7.93. The van der Waals surface area contributed by atoms with Gasteiger partial charge in [0.25, 0.3) is 0 Å². The van der Waals surface area contributed by atoms with Crippen molar-refractivity contribution in [3.8, 4) is 0 Å². The summed E-state index contributed by atoms with van der Waals surface area (Å²) in [5.74, 6) is 2.65. The van der Waals surface area contributed by atoms with Gasteiger partial charge in [-0.15, -0.1) is 6.58 Å². The third-order valence-corrected chi connectivity index (χ3v) is 4.59. The van der Waals surface area contributed by atoms with E-state index >= 15 is 0 Å². The van der Waals surface area contributed by atoms with Crippen molar-refractivity contribution < 1.29 is 0 Å². The zero-order valence-electron chi connectivity index (χ0n) is 12.0. The molecule has 102 valence electrons. The Labute approximate surface area is 113 Å². The zero-order chi connectivity index (χ0) is 12.8. The first kappa shape index (κ1) is 13.8. The van der Waals surface area contributed by atoms with Crippen LogP contribution in [0.15, 0.2) is 17.6 Å². The lowest BCUT2D eigenvalue weighted by Gasteiger charge is -2.28. The van der Waals surface area contributed by atoms with Crippen molar-refractivity contribution in [3.63, 3.8) is 0 Å². The Balaban J connectivity index is 1.73. The summed E-state index contributed by atoms with van der Waals surface area (Å²) in [6.45, 7) is 7.28. The minimum atomic E-state index is 0.774. The van der Waals surface area contributed by atoms with Crippen LogP contribution in [0.3, 0.4) is 0 Å². The lowest BCUT2D eigenvalue weighted by Crippen LogP contribution is -2.23. The topological polar surface area (TPSA) is 12.4 Å². The Morgan fingerprint density at radius 2 is 2.11 bits per heavy atom. The fraction of sp³-hybridized carbons (Fsp3) is 0.824. The van der Waals surface area contributed by atoms with Gasteiger partial charge in [-0.3, -0.25) is 4.99 Å². The van der Waals surface area contributed by atoms with E-state index in [1.54, 1.807) is 5.71 Å². The molecule has 2 aliphatic rings. The van der Waals surface area contributed by atoms with Crippen molar-refractivity contribution in [3.05, 3.63) is 12.7 Å². The van der Waals surface area contributed by atoms with Crippen LogP contribution in [0.5, 0.6) is 0 Å². The van der Waals surface area contributed by atoms with E-state index in [1.165, 1.54) is 51.4 Å². The van der Waals surface area contributed by atoms with E-state index in [0.29, 0.717) is 0 Å². The molecule has 1 unspecified atom stereocenters. The second-order valence-electron chi connectivity index (χ2n) is 6.40. The largest absolute Gasteiger partial charge is 0.294 e. The summed E-state index contributed by atoms with van der Waals surface area (Å²) in [5.41, 5.74) is 1.55. The van der Waals surface area contributed by atoms with Gasteiger partial charge in [0.05, 0.1) is 0 Å². The molecule has 0 aromatic heterocycles. The standard InChI is InChI=1S/C17H29N/c1-3-5-14(2)8-11-17(16-6-4-7-16)18-13-12-15-9-10-15/h3,14-16H,1,4-13H2,2H3/b18-17-. The van der Waals surface area contributed by atoms with Crippen LogP contribution in [0.4, 0.5) is 0 Å². The predicted molar refractivity (Wildman–Crippen MR) is 80.2 cm³/mol. The van der Waals surface area contributed by atoms with Gasteiger partial charge in [0.1, 0.15) is 0 Å². The molecule has 0 heterocycles. The third-order valence-electron chi connectivity index (χ3n) is 4.59. The van der Waals surface area contributed by atoms with Crippen molar-refractivity contribution in [1.29, 1.82) is 0 Å². The third kappa shape index (κ3) is 4.59. The van der Waals surface area contributed by atoms with E-state index in [2.05, 4.69) is 19.6 Å². The fourth-order valence-corrected chi connectivity index (χ4v) is 2.75. The summed E-state index contributed by atoms with van der Waals surface area (Å²) in [6.07, 6.45) is 14.2. The van der Waals surface area contributed by atoms with Gasteiger partial charge in [-0.2, -0.15) is 0 Å². The molecular formula is C17H29N. The van der Waals surface area contributed by atoms with Gasteiger partial charge >= 0.3 is 0 Å². The van der Waals surface area contributed by atoms with E-state index in [9.17, 15) is 0 Å². The second kappa shape index (κ2) is 7.11. The van der Waals surface area contributed by atoms with E-state index in [-0.39, 0.29) is 0 Å². The minimum absolute atomic E-state index is 0.774. The first-order valence-corrected chi connectivity index (χ1v) is 7.93.